The fourth-order valence-corrected chi connectivity index (χ4v) is 3.28. The average Bonchev–Trinajstić information content (AvgIpc) is 2.33. The first kappa shape index (κ1) is 13.9. The molecule has 94 valence electrons. The van der Waals surface area contributed by atoms with Gasteiger partial charge in [-0.1, -0.05) is 45.4 Å². The minimum atomic E-state index is 0.771. The highest BCUT2D eigenvalue weighted by molar-refractivity contribution is 9.10. The van der Waals surface area contributed by atoms with E-state index in [2.05, 4.69) is 45.5 Å². The molecule has 0 amide bonds. The standard InChI is InChI=1S/C14H13BrClNS/c1-17-9-10-7-11(15)5-6-14(10)18-13-4-2-3-12(16)8-13/h2-8,17H,9H2,1H3. The number of hydrogen-bond donors (Lipinski definition) is 1. The highest BCUT2D eigenvalue weighted by Crippen LogP contribution is 2.33. The summed E-state index contributed by atoms with van der Waals surface area (Å²) in [6, 6.07) is 14.2. The Morgan fingerprint density at radius 2 is 2.06 bits per heavy atom. The molecule has 1 N–H and O–H groups in total. The first-order valence-electron chi connectivity index (χ1n) is 5.55. The van der Waals surface area contributed by atoms with Crippen LogP contribution in [0.1, 0.15) is 5.56 Å². The van der Waals surface area contributed by atoms with Crippen molar-refractivity contribution in [3.05, 3.63) is 57.5 Å². The van der Waals surface area contributed by atoms with Gasteiger partial charge in [0.15, 0.2) is 0 Å². The van der Waals surface area contributed by atoms with Crippen LogP contribution in [0.4, 0.5) is 0 Å². The lowest BCUT2D eigenvalue weighted by Crippen LogP contribution is -2.06. The van der Waals surface area contributed by atoms with Crippen molar-refractivity contribution >= 4 is 39.3 Å². The molecule has 0 atom stereocenters. The third-order valence-corrected chi connectivity index (χ3v) is 4.25. The first-order valence-corrected chi connectivity index (χ1v) is 7.54. The van der Waals surface area contributed by atoms with Crippen molar-refractivity contribution in [2.45, 2.75) is 16.3 Å². The number of halogens is 2. The summed E-state index contributed by atoms with van der Waals surface area (Å²) < 4.78 is 1.10. The average molecular weight is 343 g/mol. The molecule has 0 aliphatic carbocycles. The Labute approximate surface area is 125 Å². The van der Waals surface area contributed by atoms with E-state index in [0.717, 1.165) is 20.9 Å². The highest BCUT2D eigenvalue weighted by Gasteiger charge is 2.05. The van der Waals surface area contributed by atoms with Crippen LogP contribution < -0.4 is 5.32 Å². The summed E-state index contributed by atoms with van der Waals surface area (Å²) in [5.41, 5.74) is 1.27. The van der Waals surface area contributed by atoms with Crippen LogP contribution in [0.2, 0.25) is 5.02 Å². The van der Waals surface area contributed by atoms with E-state index in [0.29, 0.717) is 0 Å². The highest BCUT2D eigenvalue weighted by atomic mass is 79.9. The van der Waals surface area contributed by atoms with E-state index in [1.165, 1.54) is 10.5 Å². The SMILES string of the molecule is CNCc1cc(Br)ccc1Sc1cccc(Cl)c1. The minimum Gasteiger partial charge on any atom is -0.316 e. The zero-order valence-electron chi connectivity index (χ0n) is 9.91. The van der Waals surface area contributed by atoms with Crippen LogP contribution in [0.15, 0.2) is 56.7 Å². The summed E-state index contributed by atoms with van der Waals surface area (Å²) in [5, 5.41) is 3.96. The zero-order valence-corrected chi connectivity index (χ0v) is 13.1. The predicted octanol–water partition coefficient (Wildman–Crippen LogP) is 4.97. The van der Waals surface area contributed by atoms with Gasteiger partial charge in [0.1, 0.15) is 0 Å². The smallest absolute Gasteiger partial charge is 0.0417 e. The molecule has 0 fully saturated rings. The number of hydrogen-bond acceptors (Lipinski definition) is 2. The molecule has 0 unspecified atom stereocenters. The van der Waals surface area contributed by atoms with Gasteiger partial charge in [0.2, 0.25) is 0 Å². The molecule has 0 bridgehead atoms. The van der Waals surface area contributed by atoms with E-state index < -0.39 is 0 Å². The number of benzene rings is 2. The first-order chi connectivity index (χ1) is 8.69. The third-order valence-electron chi connectivity index (χ3n) is 2.41. The van der Waals surface area contributed by atoms with Crippen LogP contribution >= 0.6 is 39.3 Å². The Morgan fingerprint density at radius 3 is 2.78 bits per heavy atom. The number of nitrogens with one attached hydrogen (secondary N) is 1. The molecule has 4 heteroatoms. The van der Waals surface area contributed by atoms with Crippen molar-refractivity contribution in [1.29, 1.82) is 0 Å². The van der Waals surface area contributed by atoms with Gasteiger partial charge in [-0.2, -0.15) is 0 Å². The summed E-state index contributed by atoms with van der Waals surface area (Å²) in [6.45, 7) is 0.850. The molecule has 0 heterocycles. The van der Waals surface area contributed by atoms with Crippen molar-refractivity contribution in [2.24, 2.45) is 0 Å². The summed E-state index contributed by atoms with van der Waals surface area (Å²) >= 11 is 11.2. The lowest BCUT2D eigenvalue weighted by atomic mass is 10.2. The van der Waals surface area contributed by atoms with Crippen molar-refractivity contribution < 1.29 is 0 Å². The Hall–Kier alpha value is -0.480. The Morgan fingerprint density at radius 1 is 1.22 bits per heavy atom. The molecule has 2 aromatic carbocycles. The van der Waals surface area contributed by atoms with Crippen molar-refractivity contribution in [3.8, 4) is 0 Å². The van der Waals surface area contributed by atoms with E-state index in [1.807, 2.05) is 25.2 Å². The molecule has 0 saturated carbocycles. The van der Waals surface area contributed by atoms with Gasteiger partial charge in [-0.3, -0.25) is 0 Å². The van der Waals surface area contributed by atoms with E-state index in [4.69, 9.17) is 11.6 Å². The summed E-state index contributed by atoms with van der Waals surface area (Å²) in [6.07, 6.45) is 0. The quantitative estimate of drug-likeness (QED) is 0.841. The predicted molar refractivity (Wildman–Crippen MR) is 82.5 cm³/mol. The Balaban J connectivity index is 2.28. The molecular formula is C14H13BrClNS. The fraction of sp³-hybridized carbons (Fsp3) is 0.143. The van der Waals surface area contributed by atoms with Crippen molar-refractivity contribution in [1.82, 2.24) is 5.32 Å². The maximum atomic E-state index is 6.00. The number of rotatable bonds is 4. The molecule has 1 nitrogen and oxygen atoms in total. The summed E-state index contributed by atoms with van der Waals surface area (Å²) in [4.78, 5) is 2.40. The third kappa shape index (κ3) is 3.75. The second-order valence-corrected chi connectivity index (χ2v) is 6.31. The van der Waals surface area contributed by atoms with E-state index in [9.17, 15) is 0 Å². The van der Waals surface area contributed by atoms with Crippen LogP contribution in [0.3, 0.4) is 0 Å². The molecule has 0 spiro atoms. The Kier molecular flexibility index (Phi) is 5.13. The van der Waals surface area contributed by atoms with E-state index >= 15 is 0 Å². The van der Waals surface area contributed by atoms with Gasteiger partial charge < -0.3 is 5.32 Å². The summed E-state index contributed by atoms with van der Waals surface area (Å²) in [7, 11) is 1.95. The van der Waals surface area contributed by atoms with E-state index in [-0.39, 0.29) is 0 Å². The van der Waals surface area contributed by atoms with Crippen LogP contribution in [-0.4, -0.2) is 7.05 Å². The van der Waals surface area contributed by atoms with Crippen molar-refractivity contribution in [3.63, 3.8) is 0 Å². The second kappa shape index (κ2) is 6.62. The molecule has 0 radical (unpaired) electrons. The molecule has 2 rings (SSSR count). The molecular weight excluding hydrogens is 330 g/mol. The molecule has 0 aliphatic heterocycles. The van der Waals surface area contributed by atoms with Crippen LogP contribution in [-0.2, 0) is 6.54 Å². The van der Waals surface area contributed by atoms with Gasteiger partial charge in [-0.25, -0.2) is 0 Å². The lowest BCUT2D eigenvalue weighted by Gasteiger charge is -2.09. The molecule has 0 aromatic heterocycles. The van der Waals surface area contributed by atoms with Crippen LogP contribution in [0.5, 0.6) is 0 Å². The van der Waals surface area contributed by atoms with Gasteiger partial charge in [0.25, 0.3) is 0 Å². The van der Waals surface area contributed by atoms with Gasteiger partial charge in [0.05, 0.1) is 0 Å². The van der Waals surface area contributed by atoms with Crippen LogP contribution in [0, 0.1) is 0 Å². The second-order valence-electron chi connectivity index (χ2n) is 3.84. The van der Waals surface area contributed by atoms with Gasteiger partial charge in [-0.15, -0.1) is 0 Å². The van der Waals surface area contributed by atoms with Gasteiger partial charge >= 0.3 is 0 Å². The molecule has 0 aliphatic rings. The van der Waals surface area contributed by atoms with Crippen molar-refractivity contribution in [2.75, 3.05) is 7.05 Å². The van der Waals surface area contributed by atoms with Gasteiger partial charge in [-0.05, 0) is 49.0 Å². The minimum absolute atomic E-state index is 0.771. The Bertz CT molecular complexity index is 545. The summed E-state index contributed by atoms with van der Waals surface area (Å²) in [5.74, 6) is 0. The van der Waals surface area contributed by atoms with Crippen LogP contribution in [0.25, 0.3) is 0 Å². The van der Waals surface area contributed by atoms with E-state index in [1.54, 1.807) is 11.8 Å². The maximum Gasteiger partial charge on any atom is 0.0417 e. The lowest BCUT2D eigenvalue weighted by molar-refractivity contribution is 0.802. The topological polar surface area (TPSA) is 12.0 Å². The normalized spacial score (nSPS) is 10.6. The molecule has 18 heavy (non-hydrogen) atoms. The van der Waals surface area contributed by atoms with Gasteiger partial charge in [0, 0.05) is 25.8 Å². The monoisotopic (exact) mass is 341 g/mol. The largest absolute Gasteiger partial charge is 0.316 e. The zero-order chi connectivity index (χ0) is 13.0. The fourth-order valence-electron chi connectivity index (χ4n) is 1.63. The maximum absolute atomic E-state index is 6.00. The molecule has 0 saturated heterocycles. The molecule has 2 aromatic rings.